The van der Waals surface area contributed by atoms with E-state index in [1.807, 2.05) is 18.2 Å². The third-order valence-corrected chi connectivity index (χ3v) is 3.67. The van der Waals surface area contributed by atoms with Crippen LogP contribution < -0.4 is 5.73 Å². The molecule has 0 saturated carbocycles. The minimum absolute atomic E-state index is 0. The number of nitrogens with two attached hydrogens (primary N) is 1. The lowest BCUT2D eigenvalue weighted by molar-refractivity contribution is -0.116. The molecule has 0 aliphatic carbocycles. The van der Waals surface area contributed by atoms with Crippen LogP contribution in [0.5, 0.6) is 0 Å². The van der Waals surface area contributed by atoms with Crippen molar-refractivity contribution < 1.29 is 32.7 Å². The number of benzene rings is 1. The number of rotatable bonds is 10. The van der Waals surface area contributed by atoms with Gasteiger partial charge in [-0.25, -0.2) is 0 Å². The number of hydrogen-bond acceptors (Lipinski definition) is 8. The fourth-order valence-electron chi connectivity index (χ4n) is 1.86. The maximum absolute atomic E-state index is 10.9. The van der Waals surface area contributed by atoms with Crippen molar-refractivity contribution in [2.24, 2.45) is 5.73 Å². The Balaban J connectivity index is 0.00000529. The standard InChI is InChI=1S/C14H23NO7S.ClH/c1-23(19,20)22-9-12(17)13(18)14(11(15)7-16)21-8-10-5-3-2-4-6-10;/h2-6,11-14,16-18H,7-9,15H2,1H3;1H/t11-,12+,13-,14+;/m0./s1. The summed E-state index contributed by atoms with van der Waals surface area (Å²) in [6.07, 6.45) is -3.33. The first kappa shape index (κ1) is 23.2. The zero-order valence-corrected chi connectivity index (χ0v) is 14.8. The molecule has 4 atom stereocenters. The molecule has 1 aromatic carbocycles. The molecule has 1 rings (SSSR count). The van der Waals surface area contributed by atoms with Gasteiger partial charge in [-0.15, -0.1) is 12.4 Å². The fraction of sp³-hybridized carbons (Fsp3) is 0.571. The Morgan fingerprint density at radius 2 is 1.79 bits per heavy atom. The summed E-state index contributed by atoms with van der Waals surface area (Å²) >= 11 is 0. The maximum atomic E-state index is 10.9. The van der Waals surface area contributed by atoms with Crippen LogP contribution >= 0.6 is 12.4 Å². The first-order chi connectivity index (χ1) is 10.7. The van der Waals surface area contributed by atoms with Crippen molar-refractivity contribution >= 4 is 22.5 Å². The number of aliphatic hydroxyl groups is 3. The SMILES string of the molecule is CS(=O)(=O)OC[C@@H](O)[C@H](O)[C@H](OCc1ccccc1)[C@@H](N)CO.Cl. The topological polar surface area (TPSA) is 139 Å². The van der Waals surface area contributed by atoms with Gasteiger partial charge in [0, 0.05) is 0 Å². The minimum atomic E-state index is -3.75. The van der Waals surface area contributed by atoms with Gasteiger partial charge >= 0.3 is 0 Å². The van der Waals surface area contributed by atoms with Gasteiger partial charge in [0.15, 0.2) is 0 Å². The summed E-state index contributed by atoms with van der Waals surface area (Å²) in [5.41, 5.74) is 6.51. The Labute approximate surface area is 147 Å². The summed E-state index contributed by atoms with van der Waals surface area (Å²) in [6.45, 7) is -1.00. The van der Waals surface area contributed by atoms with Crippen LogP contribution in [-0.2, 0) is 25.6 Å². The van der Waals surface area contributed by atoms with Gasteiger partial charge in [-0.1, -0.05) is 30.3 Å². The molecule has 0 saturated heterocycles. The Hall–Kier alpha value is -0.780. The fourth-order valence-corrected chi connectivity index (χ4v) is 2.24. The average molecular weight is 386 g/mol. The molecule has 5 N–H and O–H groups in total. The van der Waals surface area contributed by atoms with Gasteiger partial charge in [0.2, 0.25) is 0 Å². The Bertz CT molecular complexity index is 558. The van der Waals surface area contributed by atoms with Gasteiger partial charge in [-0.05, 0) is 5.56 Å². The van der Waals surface area contributed by atoms with Crippen molar-refractivity contribution in [1.29, 1.82) is 0 Å². The normalized spacial score (nSPS) is 16.7. The highest BCUT2D eigenvalue weighted by atomic mass is 35.5. The Morgan fingerprint density at radius 3 is 2.29 bits per heavy atom. The summed E-state index contributed by atoms with van der Waals surface area (Å²) in [5.74, 6) is 0. The highest BCUT2D eigenvalue weighted by Gasteiger charge is 2.32. The van der Waals surface area contributed by atoms with E-state index in [4.69, 9.17) is 15.6 Å². The smallest absolute Gasteiger partial charge is 0.264 e. The largest absolute Gasteiger partial charge is 0.395 e. The molecule has 10 heteroatoms. The molecule has 0 amide bonds. The highest BCUT2D eigenvalue weighted by molar-refractivity contribution is 7.85. The molecule has 0 bridgehead atoms. The van der Waals surface area contributed by atoms with Crippen molar-refractivity contribution in [1.82, 2.24) is 0 Å². The molecule has 8 nitrogen and oxygen atoms in total. The second kappa shape index (κ2) is 11.0. The van der Waals surface area contributed by atoms with Crippen molar-refractivity contribution in [2.75, 3.05) is 19.5 Å². The van der Waals surface area contributed by atoms with E-state index in [-0.39, 0.29) is 19.0 Å². The number of ether oxygens (including phenoxy) is 1. The van der Waals surface area contributed by atoms with E-state index in [2.05, 4.69) is 4.18 Å². The van der Waals surface area contributed by atoms with Crippen LogP contribution in [0.1, 0.15) is 5.56 Å². The summed E-state index contributed by atoms with van der Waals surface area (Å²) in [4.78, 5) is 0. The molecule has 24 heavy (non-hydrogen) atoms. The van der Waals surface area contributed by atoms with E-state index in [0.717, 1.165) is 11.8 Å². The van der Waals surface area contributed by atoms with E-state index >= 15 is 0 Å². The summed E-state index contributed by atoms with van der Waals surface area (Å²) in [5, 5.41) is 29.1. The lowest BCUT2D eigenvalue weighted by Crippen LogP contribution is -2.52. The first-order valence-corrected chi connectivity index (χ1v) is 8.78. The summed E-state index contributed by atoms with van der Waals surface area (Å²) in [7, 11) is -3.75. The molecule has 0 aromatic heterocycles. The van der Waals surface area contributed by atoms with Crippen molar-refractivity contribution in [3.05, 3.63) is 35.9 Å². The molecule has 1 aromatic rings. The van der Waals surface area contributed by atoms with E-state index in [9.17, 15) is 18.6 Å². The zero-order valence-electron chi connectivity index (χ0n) is 13.2. The zero-order chi connectivity index (χ0) is 17.5. The molecule has 0 heterocycles. The molecular weight excluding hydrogens is 362 g/mol. The van der Waals surface area contributed by atoms with Gasteiger partial charge in [0.05, 0.1) is 32.1 Å². The van der Waals surface area contributed by atoms with Crippen LogP contribution in [0.15, 0.2) is 30.3 Å². The van der Waals surface area contributed by atoms with Gasteiger partial charge in [0.25, 0.3) is 10.1 Å². The molecule has 0 spiro atoms. The number of aliphatic hydroxyl groups excluding tert-OH is 3. The molecule has 0 unspecified atom stereocenters. The quantitative estimate of drug-likeness (QED) is 0.376. The lowest BCUT2D eigenvalue weighted by atomic mass is 10.0. The Morgan fingerprint density at radius 1 is 1.21 bits per heavy atom. The van der Waals surface area contributed by atoms with Gasteiger partial charge in [-0.3, -0.25) is 4.18 Å². The lowest BCUT2D eigenvalue weighted by Gasteiger charge is -2.30. The second-order valence-electron chi connectivity index (χ2n) is 5.15. The molecule has 0 aliphatic heterocycles. The number of hydrogen-bond donors (Lipinski definition) is 4. The molecule has 0 fully saturated rings. The van der Waals surface area contributed by atoms with Gasteiger partial charge in [-0.2, -0.15) is 8.42 Å². The van der Waals surface area contributed by atoms with Crippen LogP contribution in [0, 0.1) is 0 Å². The third-order valence-electron chi connectivity index (χ3n) is 3.10. The predicted octanol–water partition coefficient (Wildman–Crippen LogP) is -0.989. The summed E-state index contributed by atoms with van der Waals surface area (Å²) < 4.78 is 31.8. The van der Waals surface area contributed by atoms with E-state index in [0.29, 0.717) is 0 Å². The molecule has 0 radical (unpaired) electrons. The van der Waals surface area contributed by atoms with Crippen LogP contribution in [0.2, 0.25) is 0 Å². The van der Waals surface area contributed by atoms with Gasteiger partial charge < -0.3 is 25.8 Å². The minimum Gasteiger partial charge on any atom is -0.395 e. The van der Waals surface area contributed by atoms with E-state index in [1.54, 1.807) is 12.1 Å². The maximum Gasteiger partial charge on any atom is 0.264 e. The summed E-state index contributed by atoms with van der Waals surface area (Å²) in [6, 6.07) is 8.10. The van der Waals surface area contributed by atoms with E-state index in [1.165, 1.54) is 0 Å². The first-order valence-electron chi connectivity index (χ1n) is 6.97. The Kier molecular flexibility index (Phi) is 10.6. The average Bonchev–Trinajstić information content (AvgIpc) is 2.52. The monoisotopic (exact) mass is 385 g/mol. The predicted molar refractivity (Wildman–Crippen MR) is 90.1 cm³/mol. The molecular formula is C14H24ClNO7S. The molecule has 0 aliphatic rings. The van der Waals surface area contributed by atoms with Crippen molar-refractivity contribution in [3.63, 3.8) is 0 Å². The van der Waals surface area contributed by atoms with Crippen molar-refractivity contribution in [3.8, 4) is 0 Å². The van der Waals surface area contributed by atoms with E-state index < -0.39 is 47.7 Å². The third kappa shape index (κ3) is 8.36. The molecule has 140 valence electrons. The van der Waals surface area contributed by atoms with Crippen LogP contribution in [0.3, 0.4) is 0 Å². The van der Waals surface area contributed by atoms with Crippen molar-refractivity contribution in [2.45, 2.75) is 31.0 Å². The number of halogens is 1. The van der Waals surface area contributed by atoms with Crippen LogP contribution in [0.25, 0.3) is 0 Å². The van der Waals surface area contributed by atoms with Gasteiger partial charge in [0.1, 0.15) is 18.3 Å². The second-order valence-corrected chi connectivity index (χ2v) is 6.80. The van der Waals surface area contributed by atoms with Crippen LogP contribution in [-0.4, -0.2) is 67.6 Å². The van der Waals surface area contributed by atoms with Crippen LogP contribution in [0.4, 0.5) is 0 Å². The highest BCUT2D eigenvalue weighted by Crippen LogP contribution is 2.12.